The lowest BCUT2D eigenvalue weighted by Crippen LogP contribution is -2.43. The lowest BCUT2D eigenvalue weighted by Gasteiger charge is -2.30. The van der Waals surface area contributed by atoms with E-state index >= 15 is 0 Å². The van der Waals surface area contributed by atoms with E-state index < -0.39 is 0 Å². The summed E-state index contributed by atoms with van der Waals surface area (Å²) in [6.07, 6.45) is 5.11. The zero-order valence-electron chi connectivity index (χ0n) is 11.5. The molecule has 2 nitrogen and oxygen atoms in total. The normalized spacial score (nSPS) is 22.9. The van der Waals surface area contributed by atoms with Crippen LogP contribution in [0.2, 0.25) is 5.02 Å². The molecule has 104 valence electrons. The molecule has 1 aliphatic rings. The molecule has 1 aliphatic carbocycles. The Hall–Kier alpha value is -0.800. The maximum absolute atomic E-state index is 6.20. The molecule has 0 aliphatic heterocycles. The van der Waals surface area contributed by atoms with Gasteiger partial charge in [-0.05, 0) is 55.6 Å². The predicted octanol–water partition coefficient (Wildman–Crippen LogP) is 4.51. The van der Waals surface area contributed by atoms with Gasteiger partial charge in [-0.2, -0.15) is 0 Å². The molecule has 0 amide bonds. The van der Waals surface area contributed by atoms with E-state index in [0.717, 1.165) is 11.3 Å². The molecular weight excluding hydrogens is 276 g/mol. The van der Waals surface area contributed by atoms with Crippen molar-refractivity contribution in [3.63, 3.8) is 0 Å². The van der Waals surface area contributed by atoms with Gasteiger partial charge in [0.05, 0.1) is 10.7 Å². The molecule has 19 heavy (non-hydrogen) atoms. The van der Waals surface area contributed by atoms with Crippen molar-refractivity contribution in [2.75, 3.05) is 5.32 Å². The number of benzene rings is 1. The average Bonchev–Trinajstić information content (AvgIpc) is 2.36. The van der Waals surface area contributed by atoms with Gasteiger partial charge in [-0.1, -0.05) is 37.4 Å². The standard InChI is InChI=1S/C15H21ClN2S/c1-10-7-8-14(12(16)9-10)18-15(19)17-13-6-4-3-5-11(13)2/h7-9,11,13H,3-6H2,1-2H3,(H2,17,18,19)/t11-,13-/m0/s1. The van der Waals surface area contributed by atoms with Gasteiger partial charge in [-0.15, -0.1) is 0 Å². The minimum atomic E-state index is 0.484. The van der Waals surface area contributed by atoms with Crippen molar-refractivity contribution in [1.29, 1.82) is 0 Å². The zero-order chi connectivity index (χ0) is 13.8. The van der Waals surface area contributed by atoms with E-state index in [-0.39, 0.29) is 0 Å². The Morgan fingerprint density at radius 1 is 1.32 bits per heavy atom. The first-order valence-corrected chi connectivity index (χ1v) is 7.68. The molecule has 0 spiro atoms. The van der Waals surface area contributed by atoms with Gasteiger partial charge < -0.3 is 10.6 Å². The molecule has 0 saturated heterocycles. The van der Waals surface area contributed by atoms with Gasteiger partial charge in [-0.25, -0.2) is 0 Å². The minimum Gasteiger partial charge on any atom is -0.359 e. The van der Waals surface area contributed by atoms with Crippen LogP contribution < -0.4 is 10.6 Å². The smallest absolute Gasteiger partial charge is 0.171 e. The molecular formula is C15H21ClN2S. The summed E-state index contributed by atoms with van der Waals surface area (Å²) in [6, 6.07) is 6.42. The van der Waals surface area contributed by atoms with Crippen LogP contribution in [0.3, 0.4) is 0 Å². The fourth-order valence-electron chi connectivity index (χ4n) is 2.58. The highest BCUT2D eigenvalue weighted by atomic mass is 35.5. The van der Waals surface area contributed by atoms with Crippen LogP contribution in [0.25, 0.3) is 0 Å². The predicted molar refractivity (Wildman–Crippen MR) is 87.0 cm³/mol. The van der Waals surface area contributed by atoms with Crippen molar-refractivity contribution < 1.29 is 0 Å². The molecule has 2 atom stereocenters. The average molecular weight is 297 g/mol. The Kier molecular flexibility index (Phi) is 5.06. The van der Waals surface area contributed by atoms with Crippen LogP contribution in [0.4, 0.5) is 5.69 Å². The lowest BCUT2D eigenvalue weighted by atomic mass is 9.86. The Bertz CT molecular complexity index is 461. The van der Waals surface area contributed by atoms with Gasteiger partial charge in [0.1, 0.15) is 0 Å². The molecule has 4 heteroatoms. The lowest BCUT2D eigenvalue weighted by molar-refractivity contribution is 0.309. The van der Waals surface area contributed by atoms with Crippen molar-refractivity contribution in [2.24, 2.45) is 5.92 Å². The van der Waals surface area contributed by atoms with E-state index in [0.29, 0.717) is 22.1 Å². The first kappa shape index (κ1) is 14.6. The van der Waals surface area contributed by atoms with Crippen LogP contribution in [-0.4, -0.2) is 11.2 Å². The second kappa shape index (κ2) is 6.58. The molecule has 0 aromatic heterocycles. The first-order valence-electron chi connectivity index (χ1n) is 6.90. The largest absolute Gasteiger partial charge is 0.359 e. The van der Waals surface area contributed by atoms with Crippen LogP contribution >= 0.6 is 23.8 Å². The number of thiocarbonyl (C=S) groups is 1. The van der Waals surface area contributed by atoms with Crippen LogP contribution in [0.5, 0.6) is 0 Å². The Morgan fingerprint density at radius 2 is 2.05 bits per heavy atom. The summed E-state index contributed by atoms with van der Waals surface area (Å²) in [4.78, 5) is 0. The molecule has 2 rings (SSSR count). The quantitative estimate of drug-likeness (QED) is 0.785. The summed E-state index contributed by atoms with van der Waals surface area (Å²) >= 11 is 11.6. The van der Waals surface area contributed by atoms with Crippen LogP contribution in [0.15, 0.2) is 18.2 Å². The van der Waals surface area contributed by atoms with E-state index in [2.05, 4.69) is 17.6 Å². The van der Waals surface area contributed by atoms with Gasteiger partial charge in [-0.3, -0.25) is 0 Å². The summed E-state index contributed by atoms with van der Waals surface area (Å²) < 4.78 is 0. The van der Waals surface area contributed by atoms with Crippen molar-refractivity contribution in [1.82, 2.24) is 5.32 Å². The molecule has 2 N–H and O–H groups in total. The summed E-state index contributed by atoms with van der Waals surface area (Å²) in [7, 11) is 0. The van der Waals surface area contributed by atoms with Gasteiger partial charge in [0.2, 0.25) is 0 Å². The highest BCUT2D eigenvalue weighted by Gasteiger charge is 2.21. The maximum atomic E-state index is 6.20. The van der Waals surface area contributed by atoms with Crippen LogP contribution in [-0.2, 0) is 0 Å². The highest BCUT2D eigenvalue weighted by molar-refractivity contribution is 7.80. The fourth-order valence-corrected chi connectivity index (χ4v) is 3.12. The fraction of sp³-hybridized carbons (Fsp3) is 0.533. The van der Waals surface area contributed by atoms with Gasteiger partial charge >= 0.3 is 0 Å². The third kappa shape index (κ3) is 4.08. The maximum Gasteiger partial charge on any atom is 0.171 e. The van der Waals surface area contributed by atoms with Gasteiger partial charge in [0.15, 0.2) is 5.11 Å². The molecule has 0 heterocycles. The van der Waals surface area contributed by atoms with Crippen LogP contribution in [0, 0.1) is 12.8 Å². The number of hydrogen-bond acceptors (Lipinski definition) is 1. The van der Waals surface area contributed by atoms with E-state index in [1.165, 1.54) is 25.7 Å². The summed E-state index contributed by atoms with van der Waals surface area (Å²) in [6.45, 7) is 4.31. The van der Waals surface area contributed by atoms with E-state index in [1.54, 1.807) is 0 Å². The number of aryl methyl sites for hydroxylation is 1. The van der Waals surface area contributed by atoms with Gasteiger partial charge in [0, 0.05) is 6.04 Å². The molecule has 0 bridgehead atoms. The highest BCUT2D eigenvalue weighted by Crippen LogP contribution is 2.25. The third-order valence-corrected chi connectivity index (χ3v) is 4.33. The minimum absolute atomic E-state index is 0.484. The summed E-state index contributed by atoms with van der Waals surface area (Å²) in [5.41, 5.74) is 2.02. The topological polar surface area (TPSA) is 24.1 Å². The van der Waals surface area contributed by atoms with E-state index in [1.807, 2.05) is 25.1 Å². The zero-order valence-corrected chi connectivity index (χ0v) is 13.1. The Morgan fingerprint density at radius 3 is 2.74 bits per heavy atom. The van der Waals surface area contributed by atoms with E-state index in [4.69, 9.17) is 23.8 Å². The summed E-state index contributed by atoms with van der Waals surface area (Å²) in [5, 5.41) is 7.99. The number of rotatable bonds is 2. The molecule has 0 radical (unpaired) electrons. The first-order chi connectivity index (χ1) is 9.06. The molecule has 1 aromatic rings. The number of hydrogen-bond donors (Lipinski definition) is 2. The molecule has 0 unspecified atom stereocenters. The van der Waals surface area contributed by atoms with Crippen molar-refractivity contribution in [3.8, 4) is 0 Å². The molecule has 1 saturated carbocycles. The number of anilines is 1. The van der Waals surface area contributed by atoms with Crippen molar-refractivity contribution >= 4 is 34.6 Å². The van der Waals surface area contributed by atoms with Crippen molar-refractivity contribution in [2.45, 2.75) is 45.6 Å². The SMILES string of the molecule is Cc1ccc(NC(=S)N[C@H]2CCCC[C@@H]2C)c(Cl)c1. The number of halogens is 1. The third-order valence-electron chi connectivity index (χ3n) is 3.80. The van der Waals surface area contributed by atoms with E-state index in [9.17, 15) is 0 Å². The second-order valence-corrected chi connectivity index (χ2v) is 6.27. The second-order valence-electron chi connectivity index (χ2n) is 5.45. The summed E-state index contributed by atoms with van der Waals surface area (Å²) in [5.74, 6) is 0.682. The monoisotopic (exact) mass is 296 g/mol. The van der Waals surface area contributed by atoms with Crippen molar-refractivity contribution in [3.05, 3.63) is 28.8 Å². The van der Waals surface area contributed by atoms with Gasteiger partial charge in [0.25, 0.3) is 0 Å². The Labute approximate surface area is 125 Å². The molecule has 1 fully saturated rings. The number of nitrogens with one attached hydrogen (secondary N) is 2. The molecule has 1 aromatic carbocycles. The van der Waals surface area contributed by atoms with Crippen LogP contribution in [0.1, 0.15) is 38.2 Å². The Balaban J connectivity index is 1.93.